The van der Waals surface area contributed by atoms with E-state index in [2.05, 4.69) is 26.8 Å². The van der Waals surface area contributed by atoms with E-state index < -0.39 is 27.3 Å². The average molecular weight is 452 g/mol. The fourth-order valence-corrected chi connectivity index (χ4v) is 5.12. The summed E-state index contributed by atoms with van der Waals surface area (Å²) in [5, 5.41) is 0. The van der Waals surface area contributed by atoms with Crippen LogP contribution in [0.2, 0.25) is 0 Å². The molecule has 2 rings (SSSR count). The lowest BCUT2D eigenvalue weighted by Crippen LogP contribution is -2.44. The third-order valence-corrected chi connectivity index (χ3v) is 7.33. The minimum atomic E-state index is -3.52. The molecule has 6 nitrogen and oxygen atoms in total. The Bertz CT molecular complexity index is 849. The molecule has 31 heavy (non-hydrogen) atoms. The van der Waals surface area contributed by atoms with Crippen LogP contribution >= 0.6 is 0 Å². The average Bonchev–Trinajstić information content (AvgIpc) is 2.71. The van der Waals surface area contributed by atoms with Gasteiger partial charge in [-0.05, 0) is 42.2 Å². The van der Waals surface area contributed by atoms with E-state index in [1.165, 1.54) is 4.90 Å². The number of carbonyl (C=O) groups excluding carboxylic acids is 2. The van der Waals surface area contributed by atoms with Gasteiger partial charge in [-0.3, -0.25) is 9.59 Å². The molecule has 0 radical (unpaired) electrons. The highest BCUT2D eigenvalue weighted by Crippen LogP contribution is 2.31. The topological polar surface area (TPSA) is 80.8 Å². The molecule has 1 heterocycles. The summed E-state index contributed by atoms with van der Waals surface area (Å²) in [7, 11) is -3.52. The third kappa shape index (κ3) is 7.95. The summed E-state index contributed by atoms with van der Waals surface area (Å²) in [5.41, 5.74) is 1.15. The van der Waals surface area contributed by atoms with Gasteiger partial charge < -0.3 is 9.64 Å². The minimum absolute atomic E-state index is 0.0103. The summed E-state index contributed by atoms with van der Waals surface area (Å²) in [6, 6.07) is 8.05. The van der Waals surface area contributed by atoms with E-state index in [1.807, 2.05) is 25.1 Å². The molecule has 1 aliphatic heterocycles. The molecular formula is C24H37NO5S. The minimum Gasteiger partial charge on any atom is -0.493 e. The fraction of sp³-hybridized carbons (Fsp3) is 0.667. The van der Waals surface area contributed by atoms with Crippen molar-refractivity contribution in [1.29, 1.82) is 0 Å². The highest BCUT2D eigenvalue weighted by atomic mass is 32.2. The zero-order chi connectivity index (χ0) is 23.1. The Balaban J connectivity index is 1.82. The van der Waals surface area contributed by atoms with Gasteiger partial charge in [0.1, 0.15) is 11.5 Å². The van der Waals surface area contributed by atoms with Gasteiger partial charge in [-0.2, -0.15) is 0 Å². The number of amides is 1. The monoisotopic (exact) mass is 451 g/mol. The molecule has 0 unspecified atom stereocenters. The van der Waals surface area contributed by atoms with Gasteiger partial charge in [-0.25, -0.2) is 8.42 Å². The second-order valence-corrected chi connectivity index (χ2v) is 11.7. The lowest BCUT2D eigenvalue weighted by molar-refractivity contribution is -0.144. The molecular weight excluding hydrogens is 414 g/mol. The third-order valence-electron chi connectivity index (χ3n) is 5.72. The highest BCUT2D eigenvalue weighted by Gasteiger charge is 2.30. The summed E-state index contributed by atoms with van der Waals surface area (Å²) in [6.45, 7) is 9.92. The van der Waals surface area contributed by atoms with E-state index in [1.54, 1.807) is 0 Å². The lowest BCUT2D eigenvalue weighted by Gasteiger charge is -2.32. The number of nitrogens with zero attached hydrogens (tertiary/aromatic N) is 1. The van der Waals surface area contributed by atoms with Crippen molar-refractivity contribution in [3.8, 4) is 5.75 Å². The maximum Gasteiger partial charge on any atom is 0.291 e. The number of benzene rings is 1. The number of unbranched alkanes of at least 4 members (excludes halogenated alkanes) is 2. The molecule has 1 aliphatic rings. The van der Waals surface area contributed by atoms with E-state index in [0.29, 0.717) is 32.0 Å². The van der Waals surface area contributed by atoms with Crippen molar-refractivity contribution in [2.45, 2.75) is 65.2 Å². The van der Waals surface area contributed by atoms with Crippen LogP contribution in [0.15, 0.2) is 24.3 Å². The molecule has 0 aliphatic carbocycles. The van der Waals surface area contributed by atoms with Gasteiger partial charge in [0.05, 0.1) is 12.4 Å². The second kappa shape index (κ2) is 11.1. The molecule has 0 N–H and O–H groups in total. The number of carbonyl (C=O) groups is 2. The standard InChI is InChI=1S/C24H37NO5S/c1-5-6-9-16-31(28,29)18-21(26)23(27)25-14-12-19(13-15-25)17-30-22-11-8-7-10-20(22)24(2,3)4/h7-8,10-11,19H,5-6,9,12-18H2,1-4H3. The van der Waals surface area contributed by atoms with Gasteiger partial charge in [0.2, 0.25) is 5.78 Å². The molecule has 1 aromatic rings. The maximum absolute atomic E-state index is 12.4. The second-order valence-electron chi connectivity index (χ2n) is 9.52. The Morgan fingerprint density at radius 2 is 1.74 bits per heavy atom. The van der Waals surface area contributed by atoms with Crippen molar-refractivity contribution in [2.24, 2.45) is 5.92 Å². The van der Waals surface area contributed by atoms with E-state index in [9.17, 15) is 18.0 Å². The summed E-state index contributed by atoms with van der Waals surface area (Å²) in [4.78, 5) is 26.1. The van der Waals surface area contributed by atoms with Crippen molar-refractivity contribution >= 4 is 21.5 Å². The van der Waals surface area contributed by atoms with E-state index >= 15 is 0 Å². The molecule has 7 heteroatoms. The smallest absolute Gasteiger partial charge is 0.291 e. The van der Waals surface area contributed by atoms with Crippen LogP contribution < -0.4 is 4.74 Å². The zero-order valence-electron chi connectivity index (χ0n) is 19.4. The van der Waals surface area contributed by atoms with Gasteiger partial charge in [0.25, 0.3) is 5.91 Å². The first-order chi connectivity index (χ1) is 14.5. The van der Waals surface area contributed by atoms with Crippen LogP contribution in [0.5, 0.6) is 5.75 Å². The Kier molecular flexibility index (Phi) is 9.10. The molecule has 0 aromatic heterocycles. The first-order valence-corrected chi connectivity index (χ1v) is 13.1. The van der Waals surface area contributed by atoms with Crippen molar-refractivity contribution in [3.63, 3.8) is 0 Å². The summed E-state index contributed by atoms with van der Waals surface area (Å²) < 4.78 is 30.2. The number of rotatable bonds is 10. The van der Waals surface area contributed by atoms with Gasteiger partial charge in [-0.15, -0.1) is 0 Å². The molecule has 1 saturated heterocycles. The van der Waals surface area contributed by atoms with E-state index in [0.717, 1.165) is 37.0 Å². The van der Waals surface area contributed by atoms with E-state index in [4.69, 9.17) is 4.74 Å². The van der Waals surface area contributed by atoms with Gasteiger partial charge >= 0.3 is 0 Å². The van der Waals surface area contributed by atoms with Crippen molar-refractivity contribution in [3.05, 3.63) is 29.8 Å². The fourth-order valence-electron chi connectivity index (χ4n) is 3.80. The summed E-state index contributed by atoms with van der Waals surface area (Å²) in [5.74, 6) is -1.01. The molecule has 1 aromatic carbocycles. The number of sulfone groups is 1. The van der Waals surface area contributed by atoms with Gasteiger partial charge in [0.15, 0.2) is 9.84 Å². The van der Waals surface area contributed by atoms with Crippen molar-refractivity contribution in [2.75, 3.05) is 31.2 Å². The summed E-state index contributed by atoms with van der Waals surface area (Å²) in [6.07, 6.45) is 3.71. The van der Waals surface area contributed by atoms with Crippen LogP contribution in [-0.2, 0) is 24.8 Å². The Labute approximate surface area is 187 Å². The number of para-hydroxylation sites is 1. The van der Waals surface area contributed by atoms with Gasteiger partial charge in [-0.1, -0.05) is 58.7 Å². The number of likely N-dealkylation sites (tertiary alicyclic amines) is 1. The van der Waals surface area contributed by atoms with Crippen molar-refractivity contribution < 1.29 is 22.7 Å². The Hall–Kier alpha value is -1.89. The normalized spacial score (nSPS) is 15.7. The SMILES string of the molecule is CCCCCS(=O)(=O)CC(=O)C(=O)N1CCC(COc2ccccc2C(C)(C)C)CC1. The van der Waals surface area contributed by atoms with Crippen LogP contribution in [0.1, 0.15) is 65.4 Å². The highest BCUT2D eigenvalue weighted by molar-refractivity contribution is 7.92. The first kappa shape index (κ1) is 25.4. The van der Waals surface area contributed by atoms with Crippen LogP contribution in [0.3, 0.4) is 0 Å². The maximum atomic E-state index is 12.4. The van der Waals surface area contributed by atoms with Crippen molar-refractivity contribution in [1.82, 2.24) is 4.90 Å². The number of hydrogen-bond acceptors (Lipinski definition) is 5. The Morgan fingerprint density at radius 3 is 2.35 bits per heavy atom. The zero-order valence-corrected chi connectivity index (χ0v) is 20.2. The molecule has 0 spiro atoms. The molecule has 0 bridgehead atoms. The predicted octanol–water partition coefficient (Wildman–Crippen LogP) is 3.78. The van der Waals surface area contributed by atoms with Crippen LogP contribution in [0.4, 0.5) is 0 Å². The van der Waals surface area contributed by atoms with Crippen LogP contribution in [0.25, 0.3) is 0 Å². The number of Topliss-reactive ketones (excluding diaryl/α,β-unsaturated/α-hetero) is 1. The number of hydrogen-bond donors (Lipinski definition) is 0. The predicted molar refractivity (Wildman–Crippen MR) is 123 cm³/mol. The number of ketones is 1. The molecule has 174 valence electrons. The molecule has 1 amide bonds. The number of piperidine rings is 1. The first-order valence-electron chi connectivity index (χ1n) is 11.3. The number of ether oxygens (including phenoxy) is 1. The lowest BCUT2D eigenvalue weighted by atomic mass is 9.86. The Morgan fingerprint density at radius 1 is 1.10 bits per heavy atom. The van der Waals surface area contributed by atoms with Gasteiger partial charge in [0, 0.05) is 13.1 Å². The van der Waals surface area contributed by atoms with E-state index in [-0.39, 0.29) is 11.2 Å². The quantitative estimate of drug-likeness (QED) is 0.399. The summed E-state index contributed by atoms with van der Waals surface area (Å²) >= 11 is 0. The van der Waals surface area contributed by atoms with Crippen LogP contribution in [0, 0.1) is 5.92 Å². The van der Waals surface area contributed by atoms with Crippen LogP contribution in [-0.4, -0.2) is 56.2 Å². The molecule has 0 saturated carbocycles. The molecule has 0 atom stereocenters. The molecule has 1 fully saturated rings. The largest absolute Gasteiger partial charge is 0.493 e.